The highest BCUT2D eigenvalue weighted by atomic mass is 35.5. The van der Waals surface area contributed by atoms with Gasteiger partial charge in [-0.2, -0.15) is 0 Å². The van der Waals surface area contributed by atoms with Gasteiger partial charge in [0.05, 0.1) is 10.6 Å². The lowest BCUT2D eigenvalue weighted by Crippen LogP contribution is -2.59. The lowest BCUT2D eigenvalue weighted by molar-refractivity contribution is -0.123. The molecule has 142 valence electrons. The molecule has 0 bridgehead atoms. The Hall–Kier alpha value is -2.34. The maximum atomic E-state index is 12.5. The van der Waals surface area contributed by atoms with Gasteiger partial charge in [-0.05, 0) is 37.5 Å². The molecule has 7 heteroatoms. The van der Waals surface area contributed by atoms with Gasteiger partial charge in [0, 0.05) is 62.3 Å². The zero-order valence-electron chi connectivity index (χ0n) is 15.3. The second-order valence-electron chi connectivity index (χ2n) is 7.61. The molecule has 0 aromatic carbocycles. The van der Waals surface area contributed by atoms with Crippen molar-refractivity contribution in [1.29, 1.82) is 0 Å². The van der Waals surface area contributed by atoms with Gasteiger partial charge in [-0.15, -0.1) is 0 Å². The third kappa shape index (κ3) is 3.72. The van der Waals surface area contributed by atoms with E-state index in [1.54, 1.807) is 17.2 Å². The van der Waals surface area contributed by atoms with Crippen LogP contribution in [0.15, 0.2) is 36.8 Å². The summed E-state index contributed by atoms with van der Waals surface area (Å²) in [5.41, 5.74) is 1.55. The number of rotatable bonds is 6. The minimum atomic E-state index is -0.116. The Bertz CT molecular complexity index is 868. The number of aryl methyl sites for hydroxylation is 2. The number of carbonyl (C=O) groups excluding carboxylic acids is 2. The van der Waals surface area contributed by atoms with Crippen LogP contribution in [0.5, 0.6) is 0 Å². The summed E-state index contributed by atoms with van der Waals surface area (Å²) >= 11 is 5.92. The summed E-state index contributed by atoms with van der Waals surface area (Å²) < 4.78 is 2.04. The van der Waals surface area contributed by atoms with E-state index in [1.165, 1.54) is 6.20 Å². The van der Waals surface area contributed by atoms with Crippen molar-refractivity contribution in [2.45, 2.75) is 31.2 Å². The van der Waals surface area contributed by atoms with Crippen molar-refractivity contribution in [3.63, 3.8) is 0 Å². The van der Waals surface area contributed by atoms with Crippen molar-refractivity contribution < 1.29 is 9.59 Å². The minimum absolute atomic E-state index is 0.0490. The maximum Gasteiger partial charge on any atom is 0.255 e. The standard InChI is InChI=1S/C20H23ClN4O2/c1-24-8-2-3-17(24)4-5-18(26)23-20(6-7-20)15-12-25(13-15)19(27)14-9-16(21)11-22-10-14/h2-3,8-11,15H,4-7,12-13H2,1H3,(H,23,26). The Kier molecular flexibility index (Phi) is 4.68. The lowest BCUT2D eigenvalue weighted by Gasteiger charge is -2.44. The first-order chi connectivity index (χ1) is 13.0. The molecule has 0 spiro atoms. The van der Waals surface area contributed by atoms with Crippen LogP contribution in [-0.2, 0) is 18.3 Å². The molecule has 1 saturated carbocycles. The molecule has 2 fully saturated rings. The fraction of sp³-hybridized carbons (Fsp3) is 0.450. The molecule has 1 aliphatic carbocycles. The molecule has 0 unspecified atom stereocenters. The number of amides is 2. The topological polar surface area (TPSA) is 67.2 Å². The van der Waals surface area contributed by atoms with E-state index in [0.29, 0.717) is 36.0 Å². The van der Waals surface area contributed by atoms with E-state index in [-0.39, 0.29) is 17.4 Å². The van der Waals surface area contributed by atoms with E-state index in [9.17, 15) is 9.59 Å². The van der Waals surface area contributed by atoms with E-state index < -0.39 is 0 Å². The number of carbonyl (C=O) groups is 2. The van der Waals surface area contributed by atoms with Crippen molar-refractivity contribution >= 4 is 23.4 Å². The fourth-order valence-corrected chi connectivity index (χ4v) is 3.99. The molecule has 6 nitrogen and oxygen atoms in total. The van der Waals surface area contributed by atoms with E-state index in [0.717, 1.165) is 25.0 Å². The van der Waals surface area contributed by atoms with Gasteiger partial charge in [0.2, 0.25) is 5.91 Å². The first-order valence-corrected chi connectivity index (χ1v) is 9.66. The van der Waals surface area contributed by atoms with E-state index in [1.807, 2.05) is 29.9 Å². The third-order valence-electron chi connectivity index (χ3n) is 5.74. The Morgan fingerprint density at radius 3 is 2.74 bits per heavy atom. The summed E-state index contributed by atoms with van der Waals surface area (Å²) in [7, 11) is 1.99. The largest absolute Gasteiger partial charge is 0.354 e. The molecule has 2 aliphatic rings. The van der Waals surface area contributed by atoms with E-state index >= 15 is 0 Å². The van der Waals surface area contributed by atoms with Gasteiger partial charge in [0.25, 0.3) is 5.91 Å². The van der Waals surface area contributed by atoms with Crippen molar-refractivity contribution in [3.05, 3.63) is 53.1 Å². The van der Waals surface area contributed by atoms with E-state index in [4.69, 9.17) is 11.6 Å². The predicted octanol–water partition coefficient (Wildman–Crippen LogP) is 2.43. The normalized spacial score (nSPS) is 18.1. The number of nitrogens with one attached hydrogen (secondary N) is 1. The van der Waals surface area contributed by atoms with Crippen LogP contribution >= 0.6 is 11.6 Å². The molecule has 2 aromatic heterocycles. The molecule has 2 amide bonds. The molecule has 0 radical (unpaired) electrons. The number of pyridine rings is 1. The van der Waals surface area contributed by atoms with Gasteiger partial charge in [-0.1, -0.05) is 11.6 Å². The number of likely N-dealkylation sites (tertiary alicyclic amines) is 1. The van der Waals surface area contributed by atoms with Crippen LogP contribution in [-0.4, -0.2) is 44.9 Å². The molecule has 2 aromatic rings. The minimum Gasteiger partial charge on any atom is -0.354 e. The third-order valence-corrected chi connectivity index (χ3v) is 5.95. The second kappa shape index (κ2) is 7.00. The summed E-state index contributed by atoms with van der Waals surface area (Å²) in [4.78, 5) is 30.7. The van der Waals surface area contributed by atoms with Crippen molar-refractivity contribution in [1.82, 2.24) is 19.8 Å². The molecule has 1 N–H and O–H groups in total. The monoisotopic (exact) mass is 386 g/mol. The van der Waals surface area contributed by atoms with Gasteiger partial charge in [0.15, 0.2) is 0 Å². The summed E-state index contributed by atoms with van der Waals surface area (Å²) in [5.74, 6) is 0.372. The van der Waals surface area contributed by atoms with Crippen molar-refractivity contribution in [2.24, 2.45) is 13.0 Å². The highest BCUT2D eigenvalue weighted by Gasteiger charge is 2.55. The van der Waals surface area contributed by atoms with Gasteiger partial charge in [0.1, 0.15) is 0 Å². The van der Waals surface area contributed by atoms with Crippen LogP contribution in [0.1, 0.15) is 35.3 Å². The van der Waals surface area contributed by atoms with E-state index in [2.05, 4.69) is 10.3 Å². The molecule has 27 heavy (non-hydrogen) atoms. The molecule has 1 saturated heterocycles. The summed E-state index contributed by atoms with van der Waals surface area (Å²) in [6.45, 7) is 1.34. The molecular formula is C20H23ClN4O2. The number of hydrogen-bond acceptors (Lipinski definition) is 3. The number of halogens is 1. The lowest BCUT2D eigenvalue weighted by atomic mass is 9.88. The highest BCUT2D eigenvalue weighted by molar-refractivity contribution is 6.30. The molecular weight excluding hydrogens is 364 g/mol. The zero-order chi connectivity index (χ0) is 19.0. The fourth-order valence-electron chi connectivity index (χ4n) is 3.81. The Morgan fingerprint density at radius 2 is 2.11 bits per heavy atom. The van der Waals surface area contributed by atoms with Crippen LogP contribution in [0.2, 0.25) is 5.02 Å². The average molecular weight is 387 g/mol. The first-order valence-electron chi connectivity index (χ1n) is 9.28. The number of aromatic nitrogens is 2. The van der Waals surface area contributed by atoms with Crippen LogP contribution in [0, 0.1) is 5.92 Å². The number of nitrogens with zero attached hydrogens (tertiary/aromatic N) is 3. The predicted molar refractivity (Wildman–Crippen MR) is 102 cm³/mol. The Labute approximate surface area is 163 Å². The molecule has 1 aliphatic heterocycles. The summed E-state index contributed by atoms with van der Waals surface area (Å²) in [6, 6.07) is 5.67. The average Bonchev–Trinajstić information content (AvgIpc) is 3.23. The smallest absolute Gasteiger partial charge is 0.255 e. The zero-order valence-corrected chi connectivity index (χ0v) is 16.1. The van der Waals surface area contributed by atoms with Crippen molar-refractivity contribution in [3.8, 4) is 0 Å². The van der Waals surface area contributed by atoms with Crippen LogP contribution in [0.25, 0.3) is 0 Å². The quantitative estimate of drug-likeness (QED) is 0.829. The first kappa shape index (κ1) is 18.0. The van der Waals surface area contributed by atoms with Gasteiger partial charge in [-0.3, -0.25) is 14.6 Å². The van der Waals surface area contributed by atoms with Crippen LogP contribution < -0.4 is 5.32 Å². The highest BCUT2D eigenvalue weighted by Crippen LogP contribution is 2.46. The number of hydrogen-bond donors (Lipinski definition) is 1. The second-order valence-corrected chi connectivity index (χ2v) is 8.05. The van der Waals surface area contributed by atoms with Crippen LogP contribution in [0.3, 0.4) is 0 Å². The van der Waals surface area contributed by atoms with Gasteiger partial charge < -0.3 is 14.8 Å². The van der Waals surface area contributed by atoms with Gasteiger partial charge >= 0.3 is 0 Å². The summed E-state index contributed by atoms with van der Waals surface area (Å²) in [6.07, 6.45) is 8.26. The molecule has 4 rings (SSSR count). The van der Waals surface area contributed by atoms with Gasteiger partial charge in [-0.25, -0.2) is 0 Å². The Morgan fingerprint density at radius 1 is 1.33 bits per heavy atom. The van der Waals surface area contributed by atoms with Crippen molar-refractivity contribution in [2.75, 3.05) is 13.1 Å². The molecule has 3 heterocycles. The maximum absolute atomic E-state index is 12.5. The Balaban J connectivity index is 1.28. The van der Waals surface area contributed by atoms with Crippen LogP contribution in [0.4, 0.5) is 0 Å². The summed E-state index contributed by atoms with van der Waals surface area (Å²) in [5, 5.41) is 3.70. The SMILES string of the molecule is Cn1cccc1CCC(=O)NC1(C2CN(C(=O)c3cncc(Cl)c3)C2)CC1. The molecule has 0 atom stereocenters.